The normalized spacial score (nSPS) is 17.5. The van der Waals surface area contributed by atoms with Gasteiger partial charge in [0.25, 0.3) is 0 Å². The Morgan fingerprint density at radius 3 is 2.77 bits per heavy atom. The summed E-state index contributed by atoms with van der Waals surface area (Å²) in [4.78, 5) is 27.0. The predicted molar refractivity (Wildman–Crippen MR) is 110 cm³/mol. The lowest BCUT2D eigenvalue weighted by Crippen LogP contribution is -2.28. The minimum absolute atomic E-state index is 0.0524. The molecule has 0 radical (unpaired) electrons. The Hall–Kier alpha value is -3.74. The van der Waals surface area contributed by atoms with Crippen LogP contribution in [-0.4, -0.2) is 35.2 Å². The third-order valence-electron chi connectivity index (χ3n) is 5.55. The molecule has 1 atom stereocenters. The number of nitrogens with zero attached hydrogens (tertiary/aromatic N) is 1. The number of amides is 2. The van der Waals surface area contributed by atoms with Crippen molar-refractivity contribution in [2.24, 2.45) is 5.92 Å². The smallest absolute Gasteiger partial charge is 0.231 e. The van der Waals surface area contributed by atoms with Crippen LogP contribution >= 0.6 is 0 Å². The van der Waals surface area contributed by atoms with Crippen molar-refractivity contribution in [2.45, 2.75) is 13.0 Å². The molecule has 7 heteroatoms. The lowest BCUT2D eigenvalue weighted by molar-refractivity contribution is -0.128. The zero-order valence-corrected chi connectivity index (χ0v) is 16.1. The van der Waals surface area contributed by atoms with E-state index in [0.29, 0.717) is 35.7 Å². The van der Waals surface area contributed by atoms with Crippen molar-refractivity contribution < 1.29 is 24.2 Å². The average molecular weight is 404 g/mol. The van der Waals surface area contributed by atoms with Crippen LogP contribution in [0.1, 0.15) is 12.0 Å². The Kier molecular flexibility index (Phi) is 4.43. The molecule has 2 amide bonds. The second kappa shape index (κ2) is 7.26. The number of carbonyl (C=O) groups is 2. The highest BCUT2D eigenvalue weighted by atomic mass is 16.7. The van der Waals surface area contributed by atoms with Gasteiger partial charge in [0.15, 0.2) is 11.5 Å². The van der Waals surface area contributed by atoms with E-state index in [0.717, 1.165) is 10.9 Å². The summed E-state index contributed by atoms with van der Waals surface area (Å²) in [7, 11) is 0. The van der Waals surface area contributed by atoms with Gasteiger partial charge in [0.2, 0.25) is 18.6 Å². The molecular formula is C23H20N2O5. The fourth-order valence-electron chi connectivity index (χ4n) is 4.00. The number of phenolic OH excluding ortho intramolecular Hbond substituents is 1. The number of aromatic hydroxyl groups is 1. The topological polar surface area (TPSA) is 88.1 Å². The monoisotopic (exact) mass is 404 g/mol. The van der Waals surface area contributed by atoms with Crippen molar-refractivity contribution in [1.82, 2.24) is 4.90 Å². The van der Waals surface area contributed by atoms with E-state index in [2.05, 4.69) is 5.32 Å². The summed E-state index contributed by atoms with van der Waals surface area (Å²) in [6.45, 7) is 0.978. The van der Waals surface area contributed by atoms with Gasteiger partial charge in [-0.3, -0.25) is 9.59 Å². The number of fused-ring (bicyclic) bond motifs is 2. The lowest BCUT2D eigenvalue weighted by Gasteiger charge is -2.17. The molecule has 30 heavy (non-hydrogen) atoms. The minimum atomic E-state index is -0.431. The zero-order valence-electron chi connectivity index (χ0n) is 16.1. The van der Waals surface area contributed by atoms with Crippen molar-refractivity contribution >= 4 is 28.3 Å². The van der Waals surface area contributed by atoms with Gasteiger partial charge in [-0.2, -0.15) is 0 Å². The van der Waals surface area contributed by atoms with Gasteiger partial charge in [-0.1, -0.05) is 30.3 Å². The Bertz CT molecular complexity index is 1160. The Labute approximate surface area is 172 Å². The van der Waals surface area contributed by atoms with Crippen LogP contribution in [0.5, 0.6) is 17.2 Å². The molecule has 0 bridgehead atoms. The van der Waals surface area contributed by atoms with Crippen molar-refractivity contribution in [2.75, 3.05) is 18.7 Å². The number of hydrogen-bond acceptors (Lipinski definition) is 5. The van der Waals surface area contributed by atoms with Gasteiger partial charge in [-0.25, -0.2) is 0 Å². The largest absolute Gasteiger partial charge is 0.507 e. The van der Waals surface area contributed by atoms with E-state index in [1.54, 1.807) is 35.2 Å². The number of nitrogens with one attached hydrogen (secondary N) is 1. The molecule has 0 aromatic heterocycles. The molecule has 0 spiro atoms. The number of phenols is 1. The number of likely N-dealkylation sites (tertiary alicyclic amines) is 1. The molecule has 1 fully saturated rings. The summed E-state index contributed by atoms with van der Waals surface area (Å²) >= 11 is 0. The number of hydrogen-bond donors (Lipinski definition) is 2. The molecular weight excluding hydrogens is 384 g/mol. The van der Waals surface area contributed by atoms with E-state index in [9.17, 15) is 14.7 Å². The highest BCUT2D eigenvalue weighted by Crippen LogP contribution is 2.34. The summed E-state index contributed by atoms with van der Waals surface area (Å²) in [6.07, 6.45) is 0.173. The van der Waals surface area contributed by atoms with Crippen LogP contribution in [0.2, 0.25) is 0 Å². The SMILES string of the molecule is O=C(Nc1cccc2c(O)cccc12)C1CC(=O)N(Cc2ccc3c(c2)OCO3)C1. The van der Waals surface area contributed by atoms with Crippen LogP contribution in [0.3, 0.4) is 0 Å². The molecule has 7 nitrogen and oxygen atoms in total. The summed E-state index contributed by atoms with van der Waals surface area (Å²) < 4.78 is 10.7. The van der Waals surface area contributed by atoms with E-state index >= 15 is 0 Å². The molecule has 5 rings (SSSR count). The molecule has 0 saturated carbocycles. The lowest BCUT2D eigenvalue weighted by atomic mass is 10.1. The number of ether oxygens (including phenoxy) is 2. The quantitative estimate of drug-likeness (QED) is 0.697. The molecule has 2 aliphatic rings. The highest BCUT2D eigenvalue weighted by Gasteiger charge is 2.34. The first-order valence-electron chi connectivity index (χ1n) is 9.76. The van der Waals surface area contributed by atoms with Gasteiger partial charge in [0, 0.05) is 36.0 Å². The van der Waals surface area contributed by atoms with Crippen LogP contribution in [0, 0.1) is 5.92 Å². The van der Waals surface area contributed by atoms with E-state index < -0.39 is 5.92 Å². The number of rotatable bonds is 4. The Balaban J connectivity index is 1.29. The molecule has 1 unspecified atom stereocenters. The Morgan fingerprint density at radius 1 is 1.07 bits per heavy atom. The minimum Gasteiger partial charge on any atom is -0.507 e. The average Bonchev–Trinajstić information content (AvgIpc) is 3.35. The summed E-state index contributed by atoms with van der Waals surface area (Å²) in [5.74, 6) is 0.849. The third kappa shape index (κ3) is 3.28. The molecule has 152 valence electrons. The molecule has 0 aliphatic carbocycles. The van der Waals surface area contributed by atoms with Crippen LogP contribution in [0.4, 0.5) is 5.69 Å². The maximum atomic E-state index is 12.9. The first kappa shape index (κ1) is 18.3. The number of carbonyl (C=O) groups excluding carboxylic acids is 2. The van der Waals surface area contributed by atoms with Crippen LogP contribution < -0.4 is 14.8 Å². The van der Waals surface area contributed by atoms with Gasteiger partial charge in [0.05, 0.1) is 5.92 Å². The van der Waals surface area contributed by atoms with Crippen molar-refractivity contribution in [3.8, 4) is 17.2 Å². The van der Waals surface area contributed by atoms with Crippen molar-refractivity contribution in [3.05, 3.63) is 60.2 Å². The van der Waals surface area contributed by atoms with E-state index in [-0.39, 0.29) is 30.8 Å². The molecule has 2 aliphatic heterocycles. The van der Waals surface area contributed by atoms with Gasteiger partial charge in [-0.05, 0) is 29.8 Å². The molecule has 2 N–H and O–H groups in total. The first-order chi connectivity index (χ1) is 14.6. The number of benzene rings is 3. The Morgan fingerprint density at radius 2 is 1.87 bits per heavy atom. The highest BCUT2D eigenvalue weighted by molar-refractivity contribution is 6.05. The van der Waals surface area contributed by atoms with Crippen molar-refractivity contribution in [1.29, 1.82) is 0 Å². The maximum Gasteiger partial charge on any atom is 0.231 e. The van der Waals surface area contributed by atoms with E-state index in [4.69, 9.17) is 9.47 Å². The van der Waals surface area contributed by atoms with Crippen molar-refractivity contribution in [3.63, 3.8) is 0 Å². The molecule has 1 saturated heterocycles. The summed E-state index contributed by atoms with van der Waals surface area (Å²) in [5, 5.41) is 14.4. The van der Waals surface area contributed by atoms with Crippen LogP contribution in [0.25, 0.3) is 10.8 Å². The summed E-state index contributed by atoms with van der Waals surface area (Å²) in [6, 6.07) is 16.2. The molecule has 3 aromatic rings. The van der Waals surface area contributed by atoms with Crippen LogP contribution in [-0.2, 0) is 16.1 Å². The van der Waals surface area contributed by atoms with Gasteiger partial charge in [-0.15, -0.1) is 0 Å². The van der Waals surface area contributed by atoms with Gasteiger partial charge < -0.3 is 24.8 Å². The first-order valence-corrected chi connectivity index (χ1v) is 9.76. The van der Waals surface area contributed by atoms with Gasteiger partial charge in [0.1, 0.15) is 5.75 Å². The zero-order chi connectivity index (χ0) is 20.7. The van der Waals surface area contributed by atoms with E-state index in [1.165, 1.54) is 0 Å². The molecule has 3 aromatic carbocycles. The predicted octanol–water partition coefficient (Wildman–Crippen LogP) is 3.26. The van der Waals surface area contributed by atoms with Crippen LogP contribution in [0.15, 0.2) is 54.6 Å². The fourth-order valence-corrected chi connectivity index (χ4v) is 4.00. The third-order valence-corrected chi connectivity index (χ3v) is 5.55. The van der Waals surface area contributed by atoms with Gasteiger partial charge >= 0.3 is 0 Å². The molecule has 2 heterocycles. The maximum absolute atomic E-state index is 12.9. The second-order valence-corrected chi connectivity index (χ2v) is 7.53. The standard InChI is InChI=1S/C23H20N2O5/c26-19-6-2-3-16-17(19)4-1-5-18(16)24-23(28)15-10-22(27)25(12-15)11-14-7-8-20-21(9-14)30-13-29-20/h1-9,15,26H,10-13H2,(H,24,28). The number of anilines is 1. The van der Waals surface area contributed by atoms with E-state index in [1.807, 2.05) is 24.3 Å². The summed E-state index contributed by atoms with van der Waals surface area (Å²) in [5.41, 5.74) is 1.55. The fraction of sp³-hybridized carbons (Fsp3) is 0.217. The second-order valence-electron chi connectivity index (χ2n) is 7.53.